The minimum absolute atomic E-state index is 0.286. The molecule has 0 aliphatic carbocycles. The summed E-state index contributed by atoms with van der Waals surface area (Å²) >= 11 is 11.9. The molecule has 0 radical (unpaired) electrons. The summed E-state index contributed by atoms with van der Waals surface area (Å²) in [4.78, 5) is 23.9. The lowest BCUT2D eigenvalue weighted by Crippen LogP contribution is -2.13. The van der Waals surface area contributed by atoms with Crippen molar-refractivity contribution in [2.75, 3.05) is 12.4 Å². The van der Waals surface area contributed by atoms with Gasteiger partial charge in [-0.1, -0.05) is 41.4 Å². The quantitative estimate of drug-likeness (QED) is 0.625. The molecule has 6 heteroatoms. The lowest BCUT2D eigenvalue weighted by molar-refractivity contribution is -0.111. The molecule has 0 atom stereocenters. The zero-order valence-electron chi connectivity index (χ0n) is 13.1. The number of nitrogens with one attached hydrogen (secondary N) is 1. The van der Waals surface area contributed by atoms with E-state index in [9.17, 15) is 9.59 Å². The van der Waals surface area contributed by atoms with E-state index >= 15 is 0 Å². The van der Waals surface area contributed by atoms with Crippen LogP contribution in [0.3, 0.4) is 0 Å². The smallest absolute Gasteiger partial charge is 0.339 e. The summed E-state index contributed by atoms with van der Waals surface area (Å²) < 4.78 is 4.70. The second-order valence-electron chi connectivity index (χ2n) is 4.98. The first-order valence-electron chi connectivity index (χ1n) is 7.04. The Bertz CT molecular complexity index is 816. The summed E-state index contributed by atoms with van der Waals surface area (Å²) in [7, 11) is 1.29. The van der Waals surface area contributed by atoms with Crippen LogP contribution >= 0.6 is 23.2 Å². The van der Waals surface area contributed by atoms with Gasteiger partial charge in [0.15, 0.2) is 0 Å². The van der Waals surface area contributed by atoms with Crippen LogP contribution in [-0.4, -0.2) is 19.0 Å². The van der Waals surface area contributed by atoms with Crippen molar-refractivity contribution >= 4 is 46.3 Å². The highest BCUT2D eigenvalue weighted by Crippen LogP contribution is 2.26. The third-order valence-corrected chi connectivity index (χ3v) is 4.05. The molecule has 1 amide bonds. The highest BCUT2D eigenvalue weighted by atomic mass is 35.5. The van der Waals surface area contributed by atoms with Crippen molar-refractivity contribution in [1.29, 1.82) is 0 Å². The molecule has 0 unspecified atom stereocenters. The molecule has 0 heterocycles. The van der Waals surface area contributed by atoms with Crippen molar-refractivity contribution in [3.63, 3.8) is 0 Å². The van der Waals surface area contributed by atoms with E-state index in [1.807, 2.05) is 0 Å². The van der Waals surface area contributed by atoms with E-state index in [1.54, 1.807) is 49.4 Å². The molecule has 0 saturated heterocycles. The van der Waals surface area contributed by atoms with Crippen LogP contribution in [0.25, 0.3) is 5.57 Å². The fourth-order valence-electron chi connectivity index (χ4n) is 2.07. The average molecular weight is 364 g/mol. The Balaban J connectivity index is 2.21. The number of ether oxygens (including phenoxy) is 1. The topological polar surface area (TPSA) is 55.4 Å². The van der Waals surface area contributed by atoms with Gasteiger partial charge in [0.25, 0.3) is 0 Å². The second-order valence-corrected chi connectivity index (χ2v) is 5.80. The highest BCUT2D eigenvalue weighted by Gasteiger charge is 2.12. The van der Waals surface area contributed by atoms with Crippen molar-refractivity contribution in [2.24, 2.45) is 0 Å². The lowest BCUT2D eigenvalue weighted by atomic mass is 10.1. The normalized spacial score (nSPS) is 11.1. The van der Waals surface area contributed by atoms with Crippen LogP contribution in [0.4, 0.5) is 5.69 Å². The summed E-state index contributed by atoms with van der Waals surface area (Å²) in [5.74, 6) is -0.883. The molecule has 0 bridgehead atoms. The van der Waals surface area contributed by atoms with Crippen LogP contribution < -0.4 is 5.32 Å². The van der Waals surface area contributed by atoms with Gasteiger partial charge in [-0.3, -0.25) is 4.79 Å². The maximum atomic E-state index is 12.2. The number of carbonyl (C=O) groups is 2. The van der Waals surface area contributed by atoms with Crippen molar-refractivity contribution < 1.29 is 14.3 Å². The minimum atomic E-state index is -0.518. The zero-order chi connectivity index (χ0) is 17.7. The average Bonchev–Trinajstić information content (AvgIpc) is 2.57. The van der Waals surface area contributed by atoms with E-state index in [4.69, 9.17) is 27.9 Å². The molecule has 124 valence electrons. The van der Waals surface area contributed by atoms with Gasteiger partial charge in [0.2, 0.25) is 5.91 Å². The predicted octanol–water partition coefficient (Wildman–Crippen LogP) is 4.82. The van der Waals surface area contributed by atoms with Crippen molar-refractivity contribution in [3.05, 3.63) is 69.7 Å². The molecule has 0 aliphatic heterocycles. The number of allylic oxidation sites excluding steroid dienone is 1. The molecule has 0 fully saturated rings. The SMILES string of the molecule is COC(=O)c1ccccc1NC(=O)C=C(C)c1ccc(Cl)c(Cl)c1. The molecule has 0 saturated carbocycles. The summed E-state index contributed by atoms with van der Waals surface area (Å²) in [5, 5.41) is 3.54. The van der Waals surface area contributed by atoms with E-state index in [1.165, 1.54) is 13.2 Å². The Kier molecular flexibility index (Phi) is 6.01. The number of anilines is 1. The molecule has 0 aliphatic rings. The van der Waals surface area contributed by atoms with Gasteiger partial charge in [0.05, 0.1) is 28.4 Å². The van der Waals surface area contributed by atoms with Gasteiger partial charge in [-0.05, 0) is 42.3 Å². The fraction of sp³-hybridized carbons (Fsp3) is 0.111. The van der Waals surface area contributed by atoms with E-state index in [-0.39, 0.29) is 11.5 Å². The Morgan fingerprint density at radius 3 is 2.46 bits per heavy atom. The van der Waals surface area contributed by atoms with Gasteiger partial charge < -0.3 is 10.1 Å². The van der Waals surface area contributed by atoms with Gasteiger partial charge in [-0.2, -0.15) is 0 Å². The zero-order valence-corrected chi connectivity index (χ0v) is 14.6. The van der Waals surface area contributed by atoms with Crippen LogP contribution in [0.1, 0.15) is 22.8 Å². The molecule has 2 rings (SSSR count). The van der Waals surface area contributed by atoms with Crippen LogP contribution in [0.5, 0.6) is 0 Å². The molecule has 24 heavy (non-hydrogen) atoms. The summed E-state index contributed by atoms with van der Waals surface area (Å²) in [6.45, 7) is 1.78. The van der Waals surface area contributed by atoms with Crippen LogP contribution in [-0.2, 0) is 9.53 Å². The molecule has 2 aromatic carbocycles. The first kappa shape index (κ1) is 18.0. The second kappa shape index (κ2) is 7.99. The van der Waals surface area contributed by atoms with E-state index in [0.717, 1.165) is 5.56 Å². The Labute approximate surface area is 150 Å². The van der Waals surface area contributed by atoms with Crippen molar-refractivity contribution in [1.82, 2.24) is 0 Å². The maximum Gasteiger partial charge on any atom is 0.339 e. The summed E-state index contributed by atoms with van der Waals surface area (Å²) in [6, 6.07) is 11.8. The minimum Gasteiger partial charge on any atom is -0.465 e. The van der Waals surface area contributed by atoms with E-state index < -0.39 is 5.97 Å². The van der Waals surface area contributed by atoms with Crippen LogP contribution in [0, 0.1) is 0 Å². The monoisotopic (exact) mass is 363 g/mol. The Morgan fingerprint density at radius 1 is 1.08 bits per heavy atom. The molecule has 4 nitrogen and oxygen atoms in total. The lowest BCUT2D eigenvalue weighted by Gasteiger charge is -2.09. The fourth-order valence-corrected chi connectivity index (χ4v) is 2.37. The summed E-state index contributed by atoms with van der Waals surface area (Å²) in [6.07, 6.45) is 1.42. The highest BCUT2D eigenvalue weighted by molar-refractivity contribution is 6.42. The molecule has 1 N–H and O–H groups in total. The van der Waals surface area contributed by atoms with Crippen LogP contribution in [0.2, 0.25) is 10.0 Å². The third-order valence-electron chi connectivity index (χ3n) is 3.31. The van der Waals surface area contributed by atoms with Gasteiger partial charge in [-0.25, -0.2) is 4.79 Å². The number of benzene rings is 2. The first-order chi connectivity index (χ1) is 11.4. The van der Waals surface area contributed by atoms with E-state index in [0.29, 0.717) is 21.3 Å². The number of rotatable bonds is 4. The molecular formula is C18H15Cl2NO3. The number of hydrogen-bond donors (Lipinski definition) is 1. The van der Waals surface area contributed by atoms with Crippen LogP contribution in [0.15, 0.2) is 48.5 Å². The van der Waals surface area contributed by atoms with Gasteiger partial charge in [0, 0.05) is 6.08 Å². The van der Waals surface area contributed by atoms with Gasteiger partial charge in [-0.15, -0.1) is 0 Å². The molecule has 0 spiro atoms. The standard InChI is InChI=1S/C18H15Cl2NO3/c1-11(12-7-8-14(19)15(20)10-12)9-17(22)21-16-6-4-3-5-13(16)18(23)24-2/h3-10H,1-2H3,(H,21,22). The number of para-hydroxylation sites is 1. The largest absolute Gasteiger partial charge is 0.465 e. The third kappa shape index (κ3) is 4.37. The first-order valence-corrected chi connectivity index (χ1v) is 7.80. The van der Waals surface area contributed by atoms with Crippen molar-refractivity contribution in [3.8, 4) is 0 Å². The predicted molar refractivity (Wildman–Crippen MR) is 96.5 cm³/mol. The van der Waals surface area contributed by atoms with E-state index in [2.05, 4.69) is 5.32 Å². The number of hydrogen-bond acceptors (Lipinski definition) is 3. The Morgan fingerprint density at radius 2 is 1.79 bits per heavy atom. The number of carbonyl (C=O) groups excluding carboxylic acids is 2. The van der Waals surface area contributed by atoms with Crippen molar-refractivity contribution in [2.45, 2.75) is 6.92 Å². The Hall–Kier alpha value is -2.30. The molecular weight excluding hydrogens is 349 g/mol. The number of halogens is 2. The number of methoxy groups -OCH3 is 1. The summed E-state index contributed by atoms with van der Waals surface area (Å²) in [5.41, 5.74) is 2.16. The molecule has 2 aromatic rings. The van der Waals surface area contributed by atoms with Gasteiger partial charge in [0.1, 0.15) is 0 Å². The number of amides is 1. The molecule has 0 aromatic heterocycles. The van der Waals surface area contributed by atoms with Gasteiger partial charge >= 0.3 is 5.97 Å². The number of esters is 1. The maximum absolute atomic E-state index is 12.2.